The van der Waals surface area contributed by atoms with Gasteiger partial charge in [0.05, 0.1) is 0 Å². The van der Waals surface area contributed by atoms with Crippen LogP contribution < -0.4 is 0 Å². The summed E-state index contributed by atoms with van der Waals surface area (Å²) in [5, 5.41) is 0. The SMILES string of the molecule is CC(C)(C)CCN(C=O)C(C)(C)C. The van der Waals surface area contributed by atoms with E-state index in [-0.39, 0.29) is 5.54 Å². The highest BCUT2D eigenvalue weighted by Crippen LogP contribution is 2.21. The molecule has 0 aliphatic heterocycles. The van der Waals surface area contributed by atoms with E-state index in [9.17, 15) is 4.79 Å². The van der Waals surface area contributed by atoms with Gasteiger partial charge in [-0.15, -0.1) is 0 Å². The predicted octanol–water partition coefficient (Wildman–Crippen LogP) is 2.68. The van der Waals surface area contributed by atoms with Crippen molar-refractivity contribution < 1.29 is 4.79 Å². The summed E-state index contributed by atoms with van der Waals surface area (Å²) in [4.78, 5) is 12.7. The summed E-state index contributed by atoms with van der Waals surface area (Å²) < 4.78 is 0. The van der Waals surface area contributed by atoms with Gasteiger partial charge in [0, 0.05) is 12.1 Å². The molecule has 0 aromatic rings. The largest absolute Gasteiger partial charge is 0.340 e. The number of hydrogen-bond acceptors (Lipinski definition) is 1. The second kappa shape index (κ2) is 4.12. The van der Waals surface area contributed by atoms with Gasteiger partial charge in [-0.3, -0.25) is 4.79 Å². The first-order chi connectivity index (χ1) is 5.67. The summed E-state index contributed by atoms with van der Waals surface area (Å²) in [5.74, 6) is 0. The van der Waals surface area contributed by atoms with Crippen molar-refractivity contribution in [3.63, 3.8) is 0 Å². The molecule has 0 heterocycles. The van der Waals surface area contributed by atoms with Crippen LogP contribution in [0.2, 0.25) is 0 Å². The van der Waals surface area contributed by atoms with Crippen LogP contribution in [0.5, 0.6) is 0 Å². The highest BCUT2D eigenvalue weighted by molar-refractivity contribution is 5.48. The zero-order valence-electron chi connectivity index (χ0n) is 9.85. The van der Waals surface area contributed by atoms with Gasteiger partial charge in [-0.2, -0.15) is 0 Å². The Morgan fingerprint density at radius 3 is 1.77 bits per heavy atom. The van der Waals surface area contributed by atoms with Crippen molar-refractivity contribution in [2.24, 2.45) is 5.41 Å². The van der Waals surface area contributed by atoms with Gasteiger partial charge in [0.15, 0.2) is 0 Å². The molecule has 0 N–H and O–H groups in total. The number of carbonyl (C=O) groups is 1. The average molecular weight is 185 g/mol. The van der Waals surface area contributed by atoms with Crippen LogP contribution in [-0.4, -0.2) is 23.4 Å². The molecule has 0 unspecified atom stereocenters. The van der Waals surface area contributed by atoms with Crippen molar-refractivity contribution in [3.8, 4) is 0 Å². The maximum absolute atomic E-state index is 10.8. The Kier molecular flexibility index (Phi) is 3.95. The van der Waals surface area contributed by atoms with Gasteiger partial charge in [0.1, 0.15) is 0 Å². The number of hydrogen-bond donors (Lipinski definition) is 0. The zero-order chi connectivity index (χ0) is 10.7. The van der Waals surface area contributed by atoms with Crippen molar-refractivity contribution in [2.75, 3.05) is 6.54 Å². The Balaban J connectivity index is 4.09. The van der Waals surface area contributed by atoms with Crippen LogP contribution in [0.4, 0.5) is 0 Å². The molecule has 2 heteroatoms. The molecule has 0 saturated carbocycles. The van der Waals surface area contributed by atoms with E-state index in [1.165, 1.54) is 0 Å². The molecular formula is C11H23NO. The minimum Gasteiger partial charge on any atom is -0.340 e. The fraction of sp³-hybridized carbons (Fsp3) is 0.909. The van der Waals surface area contributed by atoms with E-state index < -0.39 is 0 Å². The molecule has 0 saturated heterocycles. The lowest BCUT2D eigenvalue weighted by Gasteiger charge is -2.34. The van der Waals surface area contributed by atoms with Crippen LogP contribution in [0.25, 0.3) is 0 Å². The molecule has 1 amide bonds. The Morgan fingerprint density at radius 1 is 1.08 bits per heavy atom. The standard InChI is InChI=1S/C11H23NO/c1-10(2,3)7-8-12(9-13)11(4,5)6/h9H,7-8H2,1-6H3. The molecule has 13 heavy (non-hydrogen) atoms. The summed E-state index contributed by atoms with van der Waals surface area (Å²) in [6.45, 7) is 13.6. The van der Waals surface area contributed by atoms with E-state index >= 15 is 0 Å². The molecule has 0 bridgehead atoms. The molecule has 0 fully saturated rings. The van der Waals surface area contributed by atoms with Gasteiger partial charge >= 0.3 is 0 Å². The van der Waals surface area contributed by atoms with Crippen LogP contribution in [0.15, 0.2) is 0 Å². The fourth-order valence-electron chi connectivity index (χ4n) is 1.00. The van der Waals surface area contributed by atoms with Crippen molar-refractivity contribution >= 4 is 6.41 Å². The van der Waals surface area contributed by atoms with Crippen LogP contribution >= 0.6 is 0 Å². The molecule has 0 spiro atoms. The molecule has 0 rings (SSSR count). The van der Waals surface area contributed by atoms with E-state index in [1.807, 2.05) is 4.90 Å². The fourth-order valence-corrected chi connectivity index (χ4v) is 1.00. The van der Waals surface area contributed by atoms with Crippen molar-refractivity contribution in [2.45, 2.75) is 53.5 Å². The maximum Gasteiger partial charge on any atom is 0.210 e. The first-order valence-corrected chi connectivity index (χ1v) is 4.89. The quantitative estimate of drug-likeness (QED) is 0.619. The van der Waals surface area contributed by atoms with Gasteiger partial charge in [-0.05, 0) is 32.6 Å². The topological polar surface area (TPSA) is 20.3 Å². The van der Waals surface area contributed by atoms with Gasteiger partial charge in [-0.25, -0.2) is 0 Å². The first kappa shape index (κ1) is 12.5. The van der Waals surface area contributed by atoms with Gasteiger partial charge in [0.25, 0.3) is 0 Å². The van der Waals surface area contributed by atoms with E-state index in [0.717, 1.165) is 19.4 Å². The summed E-state index contributed by atoms with van der Waals surface area (Å²) in [7, 11) is 0. The summed E-state index contributed by atoms with van der Waals surface area (Å²) in [6, 6.07) is 0. The molecule has 0 aromatic heterocycles. The summed E-state index contributed by atoms with van der Waals surface area (Å²) in [6.07, 6.45) is 1.99. The zero-order valence-corrected chi connectivity index (χ0v) is 9.85. The lowest BCUT2D eigenvalue weighted by Crippen LogP contribution is -2.41. The van der Waals surface area contributed by atoms with Crippen molar-refractivity contribution in [1.29, 1.82) is 0 Å². The third-order valence-corrected chi connectivity index (χ3v) is 2.09. The minimum atomic E-state index is -0.0486. The first-order valence-electron chi connectivity index (χ1n) is 4.89. The normalized spacial score (nSPS) is 12.8. The molecular weight excluding hydrogens is 162 g/mol. The minimum absolute atomic E-state index is 0.0486. The summed E-state index contributed by atoms with van der Waals surface area (Å²) in [5.41, 5.74) is 0.250. The van der Waals surface area contributed by atoms with Gasteiger partial charge in [-0.1, -0.05) is 20.8 Å². The molecule has 2 nitrogen and oxygen atoms in total. The Hall–Kier alpha value is -0.530. The van der Waals surface area contributed by atoms with E-state index in [4.69, 9.17) is 0 Å². The Bertz CT molecular complexity index is 162. The summed E-state index contributed by atoms with van der Waals surface area (Å²) >= 11 is 0. The lowest BCUT2D eigenvalue weighted by atomic mass is 9.91. The highest BCUT2D eigenvalue weighted by atomic mass is 16.1. The second-order valence-corrected chi connectivity index (χ2v) is 5.78. The maximum atomic E-state index is 10.8. The van der Waals surface area contributed by atoms with E-state index in [0.29, 0.717) is 5.41 Å². The van der Waals surface area contributed by atoms with Crippen LogP contribution in [0.1, 0.15) is 48.0 Å². The van der Waals surface area contributed by atoms with Crippen LogP contribution in [0, 0.1) is 5.41 Å². The second-order valence-electron chi connectivity index (χ2n) is 5.78. The number of carbonyl (C=O) groups excluding carboxylic acids is 1. The molecule has 78 valence electrons. The van der Waals surface area contributed by atoms with E-state index in [2.05, 4.69) is 41.5 Å². The third kappa shape index (κ3) is 5.67. The van der Waals surface area contributed by atoms with Crippen LogP contribution in [-0.2, 0) is 4.79 Å². The van der Waals surface area contributed by atoms with Gasteiger partial charge in [0.2, 0.25) is 6.41 Å². The number of amides is 1. The monoisotopic (exact) mass is 185 g/mol. The van der Waals surface area contributed by atoms with Gasteiger partial charge < -0.3 is 4.90 Å². The molecule has 0 aliphatic rings. The van der Waals surface area contributed by atoms with Crippen molar-refractivity contribution in [1.82, 2.24) is 4.90 Å². The molecule has 0 aliphatic carbocycles. The van der Waals surface area contributed by atoms with E-state index in [1.54, 1.807) is 0 Å². The Morgan fingerprint density at radius 2 is 1.54 bits per heavy atom. The number of nitrogens with zero attached hydrogens (tertiary/aromatic N) is 1. The average Bonchev–Trinajstić information content (AvgIpc) is 1.82. The molecule has 0 radical (unpaired) electrons. The van der Waals surface area contributed by atoms with Crippen LogP contribution in [0.3, 0.4) is 0 Å². The predicted molar refractivity (Wildman–Crippen MR) is 56.6 cm³/mol. The molecule has 0 aromatic carbocycles. The molecule has 0 atom stereocenters. The highest BCUT2D eigenvalue weighted by Gasteiger charge is 2.21. The lowest BCUT2D eigenvalue weighted by molar-refractivity contribution is -0.122. The third-order valence-electron chi connectivity index (χ3n) is 2.09. The Labute approximate surface area is 82.3 Å². The smallest absolute Gasteiger partial charge is 0.210 e. The number of rotatable bonds is 3. The van der Waals surface area contributed by atoms with Crippen molar-refractivity contribution in [3.05, 3.63) is 0 Å².